The van der Waals surface area contributed by atoms with Crippen molar-refractivity contribution >= 4 is 23.5 Å². The van der Waals surface area contributed by atoms with Crippen LogP contribution in [0.4, 0.5) is 5.95 Å². The summed E-state index contributed by atoms with van der Waals surface area (Å²) in [6.07, 6.45) is 5.05. The summed E-state index contributed by atoms with van der Waals surface area (Å²) in [7, 11) is 0. The van der Waals surface area contributed by atoms with Crippen LogP contribution in [0.3, 0.4) is 0 Å². The van der Waals surface area contributed by atoms with Crippen molar-refractivity contribution in [1.82, 2.24) is 19.9 Å². The molecule has 7 nitrogen and oxygen atoms in total. The molecule has 3 aromatic rings. The average Bonchev–Trinajstić information content (AvgIpc) is 2.76. The molecular weight excluding hydrogens is 402 g/mol. The molecule has 1 aromatic carbocycles. The molecule has 0 saturated carbocycles. The highest BCUT2D eigenvalue weighted by atomic mass is 35.5. The Kier molecular flexibility index (Phi) is 5.81. The second-order valence-corrected chi connectivity index (χ2v) is 7.74. The van der Waals surface area contributed by atoms with Gasteiger partial charge in [-0.15, -0.1) is 0 Å². The van der Waals surface area contributed by atoms with Gasteiger partial charge < -0.3 is 15.2 Å². The summed E-state index contributed by atoms with van der Waals surface area (Å²) < 4.78 is 0. The van der Waals surface area contributed by atoms with Gasteiger partial charge in [0.1, 0.15) is 0 Å². The van der Waals surface area contributed by atoms with E-state index < -0.39 is 0 Å². The van der Waals surface area contributed by atoms with Gasteiger partial charge in [0.05, 0.1) is 16.9 Å². The first-order chi connectivity index (χ1) is 14.5. The molecule has 8 heteroatoms. The average molecular weight is 424 g/mol. The molecule has 0 aliphatic carbocycles. The molecule has 0 unspecified atom stereocenters. The largest absolute Gasteiger partial charge is 0.350 e. The van der Waals surface area contributed by atoms with Crippen molar-refractivity contribution in [2.45, 2.75) is 25.8 Å². The summed E-state index contributed by atoms with van der Waals surface area (Å²) in [6, 6.07) is 11.2. The van der Waals surface area contributed by atoms with Crippen molar-refractivity contribution in [3.8, 4) is 22.4 Å². The number of pyridine rings is 1. The molecule has 1 aliphatic rings. The molecule has 1 saturated heterocycles. The predicted octanol–water partition coefficient (Wildman–Crippen LogP) is 3.58. The minimum absolute atomic E-state index is 0.0759. The van der Waals surface area contributed by atoms with E-state index in [0.717, 1.165) is 30.5 Å². The maximum atomic E-state index is 12.1. The van der Waals surface area contributed by atoms with E-state index in [9.17, 15) is 9.59 Å². The molecule has 30 heavy (non-hydrogen) atoms. The Balaban J connectivity index is 1.61. The Hall–Kier alpha value is -3.19. The van der Waals surface area contributed by atoms with Gasteiger partial charge in [-0.1, -0.05) is 29.8 Å². The van der Waals surface area contributed by atoms with Crippen LogP contribution in [0.25, 0.3) is 22.4 Å². The quantitative estimate of drug-likeness (QED) is 0.669. The minimum atomic E-state index is -0.155. The highest BCUT2D eigenvalue weighted by molar-refractivity contribution is 6.32. The van der Waals surface area contributed by atoms with E-state index >= 15 is 0 Å². The van der Waals surface area contributed by atoms with E-state index in [2.05, 4.69) is 20.3 Å². The minimum Gasteiger partial charge on any atom is -0.350 e. The summed E-state index contributed by atoms with van der Waals surface area (Å²) in [4.78, 5) is 37.3. The Morgan fingerprint density at radius 2 is 2.10 bits per heavy atom. The number of aromatic nitrogens is 3. The molecule has 3 heterocycles. The number of aromatic amines is 1. The fourth-order valence-corrected chi connectivity index (χ4v) is 3.89. The van der Waals surface area contributed by atoms with Crippen molar-refractivity contribution < 1.29 is 4.79 Å². The molecule has 1 aliphatic heterocycles. The van der Waals surface area contributed by atoms with Crippen LogP contribution in [0.2, 0.25) is 5.02 Å². The number of H-pyrrole nitrogens is 1. The number of anilines is 1. The number of carbonyl (C=O) groups excluding carboxylic acids is 1. The zero-order valence-corrected chi connectivity index (χ0v) is 17.3. The monoisotopic (exact) mass is 423 g/mol. The molecule has 4 rings (SSSR count). The highest BCUT2D eigenvalue weighted by Gasteiger charge is 2.22. The van der Waals surface area contributed by atoms with Gasteiger partial charge in [-0.3, -0.25) is 9.59 Å². The van der Waals surface area contributed by atoms with E-state index in [1.165, 1.54) is 0 Å². The highest BCUT2D eigenvalue weighted by Crippen LogP contribution is 2.29. The fourth-order valence-electron chi connectivity index (χ4n) is 3.69. The Morgan fingerprint density at radius 3 is 2.90 bits per heavy atom. The topological polar surface area (TPSA) is 91.0 Å². The first kappa shape index (κ1) is 20.1. The predicted molar refractivity (Wildman–Crippen MR) is 117 cm³/mol. The Morgan fingerprint density at radius 1 is 1.27 bits per heavy atom. The second kappa shape index (κ2) is 8.67. The van der Waals surface area contributed by atoms with Crippen LogP contribution in [0.5, 0.6) is 0 Å². The van der Waals surface area contributed by atoms with Crippen LogP contribution in [-0.2, 0) is 4.79 Å². The van der Waals surface area contributed by atoms with Crippen LogP contribution in [-0.4, -0.2) is 44.9 Å². The normalized spacial score (nSPS) is 16.3. The third kappa shape index (κ3) is 4.36. The van der Waals surface area contributed by atoms with Crippen molar-refractivity contribution in [1.29, 1.82) is 0 Å². The number of nitrogens with one attached hydrogen (secondary N) is 2. The maximum Gasteiger partial charge on any atom is 0.255 e. The van der Waals surface area contributed by atoms with Gasteiger partial charge in [0, 0.05) is 43.4 Å². The standard InChI is InChI=1S/C22H22ClN5O2/c1-14(29)28-10-4-7-17(13-28)26-22-25-12-19(23)20(27-22)16-6-2-5-15(11-16)18-8-3-9-24-21(18)30/h2-3,5-6,8-9,11-12,17H,4,7,10,13H2,1H3,(H,24,30)(H,25,26,27)/t17-/m0/s1. The number of amides is 1. The SMILES string of the molecule is CC(=O)N1CCC[C@H](Nc2ncc(Cl)c(-c3cccc(-c4ccc[nH]c4=O)c3)n2)C1. The number of benzene rings is 1. The molecule has 0 bridgehead atoms. The second-order valence-electron chi connectivity index (χ2n) is 7.33. The lowest BCUT2D eigenvalue weighted by atomic mass is 10.0. The number of halogens is 1. The number of likely N-dealkylation sites (tertiary alicyclic amines) is 1. The smallest absolute Gasteiger partial charge is 0.255 e. The van der Waals surface area contributed by atoms with E-state index in [0.29, 0.717) is 28.8 Å². The summed E-state index contributed by atoms with van der Waals surface area (Å²) in [6.45, 7) is 3.00. The summed E-state index contributed by atoms with van der Waals surface area (Å²) in [5.41, 5.74) is 2.58. The summed E-state index contributed by atoms with van der Waals surface area (Å²) in [5, 5.41) is 3.75. The fraction of sp³-hybridized carbons (Fsp3) is 0.273. The number of carbonyl (C=O) groups is 1. The molecule has 0 spiro atoms. The molecule has 2 aromatic heterocycles. The van der Waals surface area contributed by atoms with Crippen molar-refractivity contribution in [3.63, 3.8) is 0 Å². The number of nitrogens with zero attached hydrogens (tertiary/aromatic N) is 3. The lowest BCUT2D eigenvalue weighted by molar-refractivity contribution is -0.129. The van der Waals surface area contributed by atoms with Crippen LogP contribution < -0.4 is 10.9 Å². The molecule has 1 atom stereocenters. The van der Waals surface area contributed by atoms with Gasteiger partial charge in [-0.25, -0.2) is 9.97 Å². The molecule has 1 amide bonds. The van der Waals surface area contributed by atoms with Gasteiger partial charge >= 0.3 is 0 Å². The van der Waals surface area contributed by atoms with Crippen molar-refractivity contribution in [3.05, 3.63) is 64.2 Å². The zero-order chi connectivity index (χ0) is 21.1. The van der Waals surface area contributed by atoms with Crippen LogP contribution in [0.15, 0.2) is 53.6 Å². The molecule has 154 valence electrons. The Labute approximate surface area is 179 Å². The van der Waals surface area contributed by atoms with Crippen molar-refractivity contribution in [2.75, 3.05) is 18.4 Å². The molecule has 0 radical (unpaired) electrons. The maximum absolute atomic E-state index is 12.1. The summed E-state index contributed by atoms with van der Waals surface area (Å²) >= 11 is 6.39. The zero-order valence-electron chi connectivity index (χ0n) is 16.6. The van der Waals surface area contributed by atoms with Gasteiger partial charge in [-0.2, -0.15) is 0 Å². The third-order valence-corrected chi connectivity index (χ3v) is 5.49. The van der Waals surface area contributed by atoms with Gasteiger partial charge in [0.15, 0.2) is 0 Å². The number of piperidine rings is 1. The molecule has 2 N–H and O–H groups in total. The lowest BCUT2D eigenvalue weighted by Gasteiger charge is -2.32. The first-order valence-corrected chi connectivity index (χ1v) is 10.2. The van der Waals surface area contributed by atoms with Crippen LogP contribution >= 0.6 is 11.6 Å². The molecular formula is C22H22ClN5O2. The summed E-state index contributed by atoms with van der Waals surface area (Å²) in [5.74, 6) is 0.541. The van der Waals surface area contributed by atoms with E-state index in [4.69, 9.17) is 11.6 Å². The van der Waals surface area contributed by atoms with Gasteiger partial charge in [0.2, 0.25) is 11.9 Å². The molecule has 1 fully saturated rings. The van der Waals surface area contributed by atoms with E-state index in [-0.39, 0.29) is 17.5 Å². The third-order valence-electron chi connectivity index (χ3n) is 5.21. The Bertz CT molecular complexity index is 1130. The van der Waals surface area contributed by atoms with Gasteiger partial charge in [0.25, 0.3) is 5.56 Å². The van der Waals surface area contributed by atoms with E-state index in [1.54, 1.807) is 31.5 Å². The van der Waals surface area contributed by atoms with Crippen LogP contribution in [0.1, 0.15) is 19.8 Å². The number of rotatable bonds is 4. The van der Waals surface area contributed by atoms with Gasteiger partial charge in [-0.05, 0) is 36.6 Å². The van der Waals surface area contributed by atoms with Crippen LogP contribution in [0, 0.1) is 0 Å². The van der Waals surface area contributed by atoms with E-state index in [1.807, 2.05) is 29.2 Å². The first-order valence-electron chi connectivity index (χ1n) is 9.84. The number of hydrogen-bond donors (Lipinski definition) is 2. The number of hydrogen-bond acceptors (Lipinski definition) is 5. The lowest BCUT2D eigenvalue weighted by Crippen LogP contribution is -2.44. The van der Waals surface area contributed by atoms with Crippen molar-refractivity contribution in [2.24, 2.45) is 0 Å².